The van der Waals surface area contributed by atoms with Gasteiger partial charge >= 0.3 is 5.00 Å². The minimum absolute atomic E-state index is 0.0673. The lowest BCUT2D eigenvalue weighted by atomic mass is 10.2. The van der Waals surface area contributed by atoms with E-state index in [0.29, 0.717) is 30.4 Å². The van der Waals surface area contributed by atoms with Crippen LogP contribution in [0.25, 0.3) is 0 Å². The monoisotopic (exact) mass is 306 g/mol. The molecule has 0 saturated heterocycles. The molecule has 1 aromatic heterocycles. The number of amides is 1. The molecule has 3 rings (SSSR count). The highest BCUT2D eigenvalue weighted by molar-refractivity contribution is 7.17. The highest BCUT2D eigenvalue weighted by Crippen LogP contribution is 2.33. The van der Waals surface area contributed by atoms with E-state index in [9.17, 15) is 14.9 Å². The summed E-state index contributed by atoms with van der Waals surface area (Å²) >= 11 is 0.830. The number of nitro groups is 1. The lowest BCUT2D eigenvalue weighted by molar-refractivity contribution is -0.380. The fraction of sp³-hybridized carbons (Fsp3) is 0.154. The van der Waals surface area contributed by atoms with Crippen molar-refractivity contribution in [2.24, 2.45) is 0 Å². The maximum atomic E-state index is 12.0. The van der Waals surface area contributed by atoms with Crippen molar-refractivity contribution in [3.63, 3.8) is 0 Å². The second-order valence-electron chi connectivity index (χ2n) is 4.21. The van der Waals surface area contributed by atoms with Gasteiger partial charge in [0.25, 0.3) is 5.91 Å². The van der Waals surface area contributed by atoms with Crippen LogP contribution < -0.4 is 14.8 Å². The SMILES string of the molecule is O=C(Nc1ccc2c(c1)OCCO2)c1ccc([N+](=O)[O-])s1. The molecular formula is C13H10N2O5S. The molecule has 0 radical (unpaired) electrons. The van der Waals surface area contributed by atoms with Gasteiger partial charge < -0.3 is 14.8 Å². The second kappa shape index (κ2) is 5.41. The molecule has 1 aliphatic rings. The summed E-state index contributed by atoms with van der Waals surface area (Å²) in [5.74, 6) is 0.798. The predicted octanol–water partition coefficient (Wildman–Crippen LogP) is 2.68. The van der Waals surface area contributed by atoms with Crippen LogP contribution in [0.5, 0.6) is 11.5 Å². The molecule has 2 heterocycles. The summed E-state index contributed by atoms with van der Waals surface area (Å²) in [5, 5.41) is 13.2. The number of rotatable bonds is 3. The standard InChI is InChI=1S/C13H10N2O5S/c16-13(11-3-4-12(21-11)15(17)18)14-8-1-2-9-10(7-8)20-6-5-19-9/h1-4,7H,5-6H2,(H,14,16). The Bertz CT molecular complexity index is 712. The van der Waals surface area contributed by atoms with Gasteiger partial charge in [-0.05, 0) is 18.2 Å². The zero-order valence-corrected chi connectivity index (χ0v) is 11.5. The molecule has 0 bridgehead atoms. The Morgan fingerprint density at radius 3 is 2.67 bits per heavy atom. The molecular weight excluding hydrogens is 296 g/mol. The maximum absolute atomic E-state index is 12.0. The van der Waals surface area contributed by atoms with Crippen LogP contribution in [0.1, 0.15) is 9.67 Å². The Morgan fingerprint density at radius 1 is 1.19 bits per heavy atom. The first-order valence-electron chi connectivity index (χ1n) is 6.09. The summed E-state index contributed by atoms with van der Waals surface area (Å²) in [6.45, 7) is 0.957. The first-order valence-corrected chi connectivity index (χ1v) is 6.90. The van der Waals surface area contributed by atoms with Crippen molar-refractivity contribution in [2.45, 2.75) is 0 Å². The molecule has 1 amide bonds. The zero-order chi connectivity index (χ0) is 14.8. The molecule has 0 atom stereocenters. The Kier molecular flexibility index (Phi) is 3.44. The van der Waals surface area contributed by atoms with Gasteiger partial charge in [0.15, 0.2) is 11.5 Å². The van der Waals surface area contributed by atoms with Crippen LogP contribution in [-0.4, -0.2) is 24.0 Å². The van der Waals surface area contributed by atoms with Gasteiger partial charge in [0.2, 0.25) is 0 Å². The van der Waals surface area contributed by atoms with E-state index >= 15 is 0 Å². The van der Waals surface area contributed by atoms with Gasteiger partial charge in [0.1, 0.15) is 13.2 Å². The van der Waals surface area contributed by atoms with Crippen molar-refractivity contribution in [3.05, 3.63) is 45.3 Å². The number of ether oxygens (including phenoxy) is 2. The van der Waals surface area contributed by atoms with Crippen molar-refractivity contribution in [2.75, 3.05) is 18.5 Å². The van der Waals surface area contributed by atoms with E-state index in [2.05, 4.69) is 5.32 Å². The number of nitrogens with one attached hydrogen (secondary N) is 1. The Hall–Kier alpha value is -2.61. The third-order valence-corrected chi connectivity index (χ3v) is 3.83. The van der Waals surface area contributed by atoms with Gasteiger partial charge in [-0.25, -0.2) is 0 Å². The van der Waals surface area contributed by atoms with Gasteiger partial charge in [-0.15, -0.1) is 0 Å². The van der Waals surface area contributed by atoms with Crippen LogP contribution in [0.3, 0.4) is 0 Å². The van der Waals surface area contributed by atoms with E-state index in [1.54, 1.807) is 18.2 Å². The van der Waals surface area contributed by atoms with Crippen LogP contribution in [0.2, 0.25) is 0 Å². The number of anilines is 1. The summed E-state index contributed by atoms with van der Waals surface area (Å²) in [6, 6.07) is 7.79. The van der Waals surface area contributed by atoms with Gasteiger partial charge in [0.05, 0.1) is 9.80 Å². The predicted molar refractivity (Wildman–Crippen MR) is 76.4 cm³/mol. The average molecular weight is 306 g/mol. The maximum Gasteiger partial charge on any atom is 0.324 e. The van der Waals surface area contributed by atoms with E-state index in [-0.39, 0.29) is 9.88 Å². The Balaban J connectivity index is 1.76. The topological polar surface area (TPSA) is 90.7 Å². The van der Waals surface area contributed by atoms with Crippen molar-refractivity contribution in [1.82, 2.24) is 0 Å². The molecule has 0 aliphatic carbocycles. The Morgan fingerprint density at radius 2 is 1.95 bits per heavy atom. The van der Waals surface area contributed by atoms with E-state index in [1.165, 1.54) is 12.1 Å². The lowest BCUT2D eigenvalue weighted by Gasteiger charge is -2.18. The number of carbonyl (C=O) groups excluding carboxylic acids is 1. The van der Waals surface area contributed by atoms with Crippen LogP contribution in [0.15, 0.2) is 30.3 Å². The van der Waals surface area contributed by atoms with E-state index in [0.717, 1.165) is 11.3 Å². The van der Waals surface area contributed by atoms with Crippen molar-refractivity contribution >= 4 is 27.9 Å². The fourth-order valence-corrected chi connectivity index (χ4v) is 2.58. The fourth-order valence-electron chi connectivity index (χ4n) is 1.86. The molecule has 8 heteroatoms. The number of benzene rings is 1. The molecule has 0 spiro atoms. The molecule has 1 aliphatic heterocycles. The molecule has 0 fully saturated rings. The molecule has 0 unspecified atom stereocenters. The highest BCUT2D eigenvalue weighted by Gasteiger charge is 2.17. The molecule has 1 aromatic carbocycles. The van der Waals surface area contributed by atoms with Gasteiger partial charge in [-0.2, -0.15) is 0 Å². The molecule has 1 N–H and O–H groups in total. The van der Waals surface area contributed by atoms with Crippen molar-refractivity contribution in [3.8, 4) is 11.5 Å². The number of hydrogen-bond acceptors (Lipinski definition) is 6. The van der Waals surface area contributed by atoms with E-state index in [4.69, 9.17) is 9.47 Å². The van der Waals surface area contributed by atoms with Crippen LogP contribution in [0, 0.1) is 10.1 Å². The summed E-state index contributed by atoms with van der Waals surface area (Å²) in [6.07, 6.45) is 0. The number of fused-ring (bicyclic) bond motifs is 1. The quantitative estimate of drug-likeness (QED) is 0.695. The normalized spacial score (nSPS) is 12.8. The van der Waals surface area contributed by atoms with Crippen LogP contribution >= 0.6 is 11.3 Å². The minimum Gasteiger partial charge on any atom is -0.486 e. The van der Waals surface area contributed by atoms with Gasteiger partial charge in [0, 0.05) is 17.8 Å². The third-order valence-electron chi connectivity index (χ3n) is 2.80. The summed E-state index contributed by atoms with van der Waals surface area (Å²) in [5.41, 5.74) is 0.542. The number of hydrogen-bond donors (Lipinski definition) is 1. The largest absolute Gasteiger partial charge is 0.486 e. The lowest BCUT2D eigenvalue weighted by Crippen LogP contribution is -2.16. The third kappa shape index (κ3) is 2.79. The zero-order valence-electron chi connectivity index (χ0n) is 10.7. The highest BCUT2D eigenvalue weighted by atomic mass is 32.1. The second-order valence-corrected chi connectivity index (χ2v) is 5.27. The minimum atomic E-state index is -0.522. The molecule has 0 saturated carbocycles. The molecule has 7 nitrogen and oxygen atoms in total. The van der Waals surface area contributed by atoms with Crippen LogP contribution in [0.4, 0.5) is 10.7 Å². The first-order chi connectivity index (χ1) is 10.1. The number of nitrogens with zero attached hydrogens (tertiary/aromatic N) is 1. The smallest absolute Gasteiger partial charge is 0.324 e. The van der Waals surface area contributed by atoms with Gasteiger partial charge in [-0.1, -0.05) is 11.3 Å². The Labute approximate surface area is 123 Å². The summed E-state index contributed by atoms with van der Waals surface area (Å²) < 4.78 is 10.8. The van der Waals surface area contributed by atoms with Crippen molar-refractivity contribution < 1.29 is 19.2 Å². The number of carbonyl (C=O) groups is 1. The molecule has 21 heavy (non-hydrogen) atoms. The molecule has 108 valence electrons. The van der Waals surface area contributed by atoms with Gasteiger partial charge in [-0.3, -0.25) is 14.9 Å². The number of thiophene rings is 1. The average Bonchev–Trinajstić information content (AvgIpc) is 2.97. The summed E-state index contributed by atoms with van der Waals surface area (Å²) in [7, 11) is 0. The summed E-state index contributed by atoms with van der Waals surface area (Å²) in [4.78, 5) is 22.4. The van der Waals surface area contributed by atoms with E-state index < -0.39 is 10.8 Å². The van der Waals surface area contributed by atoms with Crippen LogP contribution in [-0.2, 0) is 0 Å². The van der Waals surface area contributed by atoms with E-state index in [1.807, 2.05) is 0 Å². The first kappa shape index (κ1) is 13.4. The van der Waals surface area contributed by atoms with Crippen molar-refractivity contribution in [1.29, 1.82) is 0 Å². The molecule has 2 aromatic rings.